The molecule has 218 valence electrons. The van der Waals surface area contributed by atoms with Gasteiger partial charge in [-0.1, -0.05) is 75.3 Å². The van der Waals surface area contributed by atoms with Crippen molar-refractivity contribution in [3.63, 3.8) is 0 Å². The lowest BCUT2D eigenvalue weighted by atomic mass is 9.97. The van der Waals surface area contributed by atoms with E-state index in [0.717, 1.165) is 16.7 Å². The molecule has 0 spiro atoms. The van der Waals surface area contributed by atoms with E-state index in [1.54, 1.807) is 34.1 Å². The number of hydrogen-bond donors (Lipinski definition) is 2. The van der Waals surface area contributed by atoms with Gasteiger partial charge < -0.3 is 20.1 Å². The zero-order valence-corrected chi connectivity index (χ0v) is 25.0. The second kappa shape index (κ2) is 15.1. The Kier molecular flexibility index (Phi) is 11.7. The monoisotopic (exact) mass is 577 g/mol. The quantitative estimate of drug-likeness (QED) is 0.296. The van der Waals surface area contributed by atoms with Crippen LogP contribution in [0.25, 0.3) is 5.70 Å². The molecular weight excluding hydrogens is 538 g/mol. The molecule has 0 saturated carbocycles. The number of amides is 3. The third-order valence-electron chi connectivity index (χ3n) is 6.80. The molecule has 7 nitrogen and oxygen atoms in total. The fourth-order valence-electron chi connectivity index (χ4n) is 4.61. The number of rotatable bonds is 8. The van der Waals surface area contributed by atoms with E-state index in [9.17, 15) is 9.59 Å². The van der Waals surface area contributed by atoms with Crippen molar-refractivity contribution in [2.45, 2.75) is 46.1 Å². The molecule has 41 heavy (non-hydrogen) atoms. The summed E-state index contributed by atoms with van der Waals surface area (Å²) in [7, 11) is 0. The highest BCUT2D eigenvalue weighted by Gasteiger charge is 2.33. The first-order valence-corrected chi connectivity index (χ1v) is 14.3. The van der Waals surface area contributed by atoms with Gasteiger partial charge in [-0.3, -0.25) is 9.69 Å². The maximum atomic E-state index is 13.9. The van der Waals surface area contributed by atoms with Crippen molar-refractivity contribution in [1.82, 2.24) is 15.1 Å². The standard InChI is InChI=1S/C27H34ClN3O3.C6H6O/c1-6-24(20-8-11-22(28)12-9-20)31(27(33)30-15-14-29-26(32)17-30)19(5)23-13-10-21(18(3)4)16-25(23)34-7-2;7-6-4-2-1-3-5-6/h8-13,16,18,24H,5-7,14-15,17H2,1-4H3,(H,29,32);1-5,7H/t24-;/m0./s1. The molecule has 1 aliphatic heterocycles. The normalized spacial score (nSPS) is 13.5. The maximum Gasteiger partial charge on any atom is 0.325 e. The molecule has 1 aliphatic rings. The van der Waals surface area contributed by atoms with Crippen LogP contribution in [0.1, 0.15) is 62.8 Å². The lowest BCUT2D eigenvalue weighted by molar-refractivity contribution is -0.123. The number of carbonyl (C=O) groups is 2. The van der Waals surface area contributed by atoms with E-state index in [-0.39, 0.29) is 24.5 Å². The highest BCUT2D eigenvalue weighted by Crippen LogP contribution is 2.37. The van der Waals surface area contributed by atoms with Crippen LogP contribution in [-0.4, -0.2) is 53.1 Å². The van der Waals surface area contributed by atoms with Crippen LogP contribution in [-0.2, 0) is 4.79 Å². The SMILES string of the molecule is C=C(c1ccc(C(C)C)cc1OCC)N(C(=O)N1CCNC(=O)C1)[C@@H](CC)c1ccc(Cl)cc1.Oc1ccccc1. The highest BCUT2D eigenvalue weighted by molar-refractivity contribution is 6.30. The van der Waals surface area contributed by atoms with Gasteiger partial charge in [-0.15, -0.1) is 0 Å². The van der Waals surface area contributed by atoms with Gasteiger partial charge in [0, 0.05) is 29.4 Å². The Morgan fingerprint density at radius 3 is 2.27 bits per heavy atom. The largest absolute Gasteiger partial charge is 0.508 e. The van der Waals surface area contributed by atoms with Crippen LogP contribution in [0.15, 0.2) is 79.4 Å². The molecule has 1 atom stereocenters. The Hall–Kier alpha value is -3.97. The molecule has 0 unspecified atom stereocenters. The minimum atomic E-state index is -0.290. The lowest BCUT2D eigenvalue weighted by Gasteiger charge is -2.38. The van der Waals surface area contributed by atoms with E-state index in [0.29, 0.717) is 54.3 Å². The third kappa shape index (κ3) is 8.51. The number of carbonyl (C=O) groups excluding carboxylic acids is 2. The average Bonchev–Trinajstić information content (AvgIpc) is 2.96. The van der Waals surface area contributed by atoms with E-state index in [1.165, 1.54) is 0 Å². The summed E-state index contributed by atoms with van der Waals surface area (Å²) in [5.41, 5.74) is 3.39. The summed E-state index contributed by atoms with van der Waals surface area (Å²) in [6.07, 6.45) is 0.653. The third-order valence-corrected chi connectivity index (χ3v) is 7.05. The first-order chi connectivity index (χ1) is 19.7. The van der Waals surface area contributed by atoms with Gasteiger partial charge >= 0.3 is 6.03 Å². The van der Waals surface area contributed by atoms with Crippen molar-refractivity contribution >= 4 is 29.2 Å². The van der Waals surface area contributed by atoms with Gasteiger partial charge in [0.25, 0.3) is 0 Å². The number of aromatic hydroxyl groups is 1. The van der Waals surface area contributed by atoms with Crippen molar-refractivity contribution in [3.05, 3.63) is 101 Å². The summed E-state index contributed by atoms with van der Waals surface area (Å²) < 4.78 is 5.98. The van der Waals surface area contributed by atoms with Crippen LogP contribution in [0.5, 0.6) is 11.5 Å². The van der Waals surface area contributed by atoms with Gasteiger partial charge in [-0.05, 0) is 66.8 Å². The maximum absolute atomic E-state index is 13.9. The van der Waals surface area contributed by atoms with E-state index in [4.69, 9.17) is 21.4 Å². The van der Waals surface area contributed by atoms with Crippen LogP contribution in [0.4, 0.5) is 4.79 Å². The average molecular weight is 578 g/mol. The molecule has 0 aliphatic carbocycles. The van der Waals surface area contributed by atoms with Crippen molar-refractivity contribution in [3.8, 4) is 11.5 Å². The van der Waals surface area contributed by atoms with Crippen molar-refractivity contribution < 1.29 is 19.4 Å². The Balaban J connectivity index is 0.000000575. The second-order valence-electron chi connectivity index (χ2n) is 10.0. The molecule has 0 aromatic heterocycles. The number of urea groups is 1. The second-order valence-corrected chi connectivity index (χ2v) is 10.5. The summed E-state index contributed by atoms with van der Waals surface area (Å²) in [4.78, 5) is 29.2. The molecule has 0 bridgehead atoms. The van der Waals surface area contributed by atoms with E-state index < -0.39 is 0 Å². The summed E-state index contributed by atoms with van der Waals surface area (Å²) in [5, 5.41) is 12.0. The number of halogens is 1. The molecular formula is C33H40ClN3O4. The smallest absolute Gasteiger partial charge is 0.325 e. The summed E-state index contributed by atoms with van der Waals surface area (Å²) >= 11 is 6.13. The Bertz CT molecular complexity index is 1310. The number of nitrogens with zero attached hydrogens (tertiary/aromatic N) is 2. The number of hydrogen-bond acceptors (Lipinski definition) is 4. The van der Waals surface area contributed by atoms with Gasteiger partial charge in [0.2, 0.25) is 5.91 Å². The highest BCUT2D eigenvalue weighted by atomic mass is 35.5. The zero-order chi connectivity index (χ0) is 29.9. The predicted molar refractivity (Wildman–Crippen MR) is 165 cm³/mol. The van der Waals surface area contributed by atoms with Gasteiger partial charge in [0.15, 0.2) is 0 Å². The molecule has 3 amide bonds. The predicted octanol–water partition coefficient (Wildman–Crippen LogP) is 7.23. The molecule has 4 rings (SSSR count). The van der Waals surface area contributed by atoms with Crippen LogP contribution in [0.3, 0.4) is 0 Å². The van der Waals surface area contributed by atoms with Gasteiger partial charge in [-0.2, -0.15) is 0 Å². The van der Waals surface area contributed by atoms with E-state index in [1.807, 2.05) is 62.4 Å². The lowest BCUT2D eigenvalue weighted by Crippen LogP contribution is -2.54. The molecule has 3 aromatic carbocycles. The van der Waals surface area contributed by atoms with Crippen molar-refractivity contribution in [1.29, 1.82) is 0 Å². The van der Waals surface area contributed by atoms with Crippen LogP contribution in [0.2, 0.25) is 5.02 Å². The molecule has 1 fully saturated rings. The number of nitrogens with one attached hydrogen (secondary N) is 1. The molecule has 1 saturated heterocycles. The number of phenols is 1. The van der Waals surface area contributed by atoms with Gasteiger partial charge in [-0.25, -0.2) is 4.79 Å². The first kappa shape index (κ1) is 31.6. The summed E-state index contributed by atoms with van der Waals surface area (Å²) in [6, 6.07) is 21.7. The summed E-state index contributed by atoms with van der Waals surface area (Å²) in [5.74, 6) is 1.19. The Morgan fingerprint density at radius 2 is 1.73 bits per heavy atom. The molecule has 3 aromatic rings. The Labute approximate surface area is 248 Å². The van der Waals surface area contributed by atoms with Gasteiger partial charge in [0.1, 0.15) is 18.0 Å². The molecule has 2 N–H and O–H groups in total. The number of benzene rings is 3. The zero-order valence-electron chi connectivity index (χ0n) is 24.3. The fourth-order valence-corrected chi connectivity index (χ4v) is 4.74. The number of ether oxygens (including phenoxy) is 1. The molecule has 0 radical (unpaired) electrons. The molecule has 8 heteroatoms. The summed E-state index contributed by atoms with van der Waals surface area (Å²) in [6.45, 7) is 14.0. The topological polar surface area (TPSA) is 82.1 Å². The minimum Gasteiger partial charge on any atom is -0.508 e. The number of piperazine rings is 1. The van der Waals surface area contributed by atoms with Crippen molar-refractivity contribution in [2.24, 2.45) is 0 Å². The van der Waals surface area contributed by atoms with Crippen LogP contribution >= 0.6 is 11.6 Å². The van der Waals surface area contributed by atoms with Crippen LogP contribution in [0, 0.1) is 0 Å². The Morgan fingerprint density at radius 1 is 1.07 bits per heavy atom. The van der Waals surface area contributed by atoms with Crippen LogP contribution < -0.4 is 10.1 Å². The van der Waals surface area contributed by atoms with E-state index in [2.05, 4.69) is 25.7 Å². The molecule has 1 heterocycles. The van der Waals surface area contributed by atoms with Gasteiger partial charge in [0.05, 0.1) is 12.6 Å². The minimum absolute atomic E-state index is 0.0181. The van der Waals surface area contributed by atoms with E-state index >= 15 is 0 Å². The van der Waals surface area contributed by atoms with Crippen molar-refractivity contribution in [2.75, 3.05) is 26.2 Å². The number of phenolic OH excluding ortho intramolecular Hbond substituents is 1. The first-order valence-electron chi connectivity index (χ1n) is 14.0. The fraction of sp³-hybridized carbons (Fsp3) is 0.333. The number of para-hydroxylation sites is 1.